The number of hydrogen-bond acceptors (Lipinski definition) is 0. The molecule has 0 nitrogen and oxygen atoms in total. The van der Waals surface area contributed by atoms with Crippen LogP contribution in [0.2, 0.25) is 10.0 Å². The average molecular weight is 449 g/mol. The molecule has 0 saturated carbocycles. The minimum absolute atomic E-state index is 0.0656. The van der Waals surface area contributed by atoms with Gasteiger partial charge in [0, 0.05) is 15.6 Å². The van der Waals surface area contributed by atoms with Crippen LogP contribution >= 0.6 is 55.1 Å². The van der Waals surface area contributed by atoms with Gasteiger partial charge >= 0.3 is 0 Å². The summed E-state index contributed by atoms with van der Waals surface area (Å²) in [6.45, 7) is 0. The molecule has 0 fully saturated rings. The summed E-state index contributed by atoms with van der Waals surface area (Å²) in [6.07, 6.45) is 0. The van der Waals surface area contributed by atoms with Gasteiger partial charge in [-0.25, -0.2) is 13.2 Å². The van der Waals surface area contributed by atoms with E-state index >= 15 is 0 Å². The first-order valence-corrected chi connectivity index (χ1v) is 7.70. The van der Waals surface area contributed by atoms with Crippen molar-refractivity contribution in [1.29, 1.82) is 0 Å². The SMILES string of the molecule is Fc1cc(C(Br)c2cc(Cl)c(Br)cc2F)c(F)cc1Cl. The monoisotopic (exact) mass is 446 g/mol. The highest BCUT2D eigenvalue weighted by atomic mass is 79.9. The second-order valence-electron chi connectivity index (χ2n) is 3.94. The highest BCUT2D eigenvalue weighted by Crippen LogP contribution is 2.38. The summed E-state index contributed by atoms with van der Waals surface area (Å²) in [5.74, 6) is -2.12. The summed E-state index contributed by atoms with van der Waals surface area (Å²) in [6, 6.07) is 4.27. The standard InChI is InChI=1S/C13H5Br2Cl2F3/c14-7-3-10(18)5(1-8(7)16)13(15)6-2-12(20)9(17)4-11(6)19/h1-4,13H. The number of rotatable bonds is 2. The van der Waals surface area contributed by atoms with Crippen LogP contribution in [0.5, 0.6) is 0 Å². The fourth-order valence-corrected chi connectivity index (χ4v) is 2.97. The van der Waals surface area contributed by atoms with Gasteiger partial charge in [0.05, 0.1) is 14.9 Å². The van der Waals surface area contributed by atoms with E-state index in [1.807, 2.05) is 0 Å². The third-order valence-corrected chi connectivity index (χ3v) is 5.10. The van der Waals surface area contributed by atoms with Crippen molar-refractivity contribution in [2.24, 2.45) is 0 Å². The lowest BCUT2D eigenvalue weighted by Crippen LogP contribution is -2.01. The van der Waals surface area contributed by atoms with Gasteiger partial charge in [-0.3, -0.25) is 0 Å². The molecule has 0 N–H and O–H groups in total. The molecule has 0 aromatic heterocycles. The van der Waals surface area contributed by atoms with Gasteiger partial charge in [0.25, 0.3) is 0 Å². The molecule has 0 aliphatic carbocycles. The molecule has 0 saturated heterocycles. The second kappa shape index (κ2) is 6.26. The summed E-state index contributed by atoms with van der Waals surface area (Å²) in [5.41, 5.74) is 0.0306. The van der Waals surface area contributed by atoms with E-state index in [2.05, 4.69) is 31.9 Å². The maximum absolute atomic E-state index is 13.9. The molecule has 2 aromatic rings. The Labute approximate surface area is 140 Å². The fraction of sp³-hybridized carbons (Fsp3) is 0.0769. The van der Waals surface area contributed by atoms with Crippen molar-refractivity contribution in [3.05, 3.63) is 67.4 Å². The van der Waals surface area contributed by atoms with Crippen molar-refractivity contribution < 1.29 is 13.2 Å². The molecule has 20 heavy (non-hydrogen) atoms. The first-order valence-electron chi connectivity index (χ1n) is 5.24. The van der Waals surface area contributed by atoms with E-state index < -0.39 is 22.3 Å². The number of benzene rings is 2. The van der Waals surface area contributed by atoms with Gasteiger partial charge in [-0.05, 0) is 40.2 Å². The van der Waals surface area contributed by atoms with Crippen LogP contribution in [0.3, 0.4) is 0 Å². The van der Waals surface area contributed by atoms with Crippen LogP contribution in [0.4, 0.5) is 13.2 Å². The maximum Gasteiger partial charge on any atom is 0.142 e. The zero-order valence-corrected chi connectivity index (χ0v) is 14.2. The Hall–Kier alpha value is -0.230. The summed E-state index contributed by atoms with van der Waals surface area (Å²) in [7, 11) is 0. The third kappa shape index (κ3) is 3.16. The maximum atomic E-state index is 13.9. The topological polar surface area (TPSA) is 0 Å². The lowest BCUT2D eigenvalue weighted by molar-refractivity contribution is 0.582. The molecular weight excluding hydrogens is 444 g/mol. The van der Waals surface area contributed by atoms with Gasteiger partial charge in [-0.2, -0.15) is 0 Å². The molecule has 0 aliphatic heterocycles. The van der Waals surface area contributed by atoms with E-state index in [1.54, 1.807) is 0 Å². The minimum Gasteiger partial charge on any atom is -0.207 e. The van der Waals surface area contributed by atoms with E-state index in [0.29, 0.717) is 4.47 Å². The van der Waals surface area contributed by atoms with Crippen molar-refractivity contribution in [1.82, 2.24) is 0 Å². The highest BCUT2D eigenvalue weighted by Gasteiger charge is 2.21. The minimum atomic E-state index is -0.889. The van der Waals surface area contributed by atoms with Gasteiger partial charge in [-0.1, -0.05) is 39.1 Å². The average Bonchev–Trinajstić information content (AvgIpc) is 2.37. The number of hydrogen-bond donors (Lipinski definition) is 0. The lowest BCUT2D eigenvalue weighted by atomic mass is 10.0. The summed E-state index contributed by atoms with van der Waals surface area (Å²) in [5, 5.41) is -0.0686. The molecule has 0 bridgehead atoms. The number of alkyl halides is 1. The zero-order valence-electron chi connectivity index (χ0n) is 9.53. The number of halogens is 7. The quantitative estimate of drug-likeness (QED) is 0.356. The van der Waals surface area contributed by atoms with Gasteiger partial charge in [0.15, 0.2) is 0 Å². The Morgan fingerprint density at radius 2 is 1.35 bits per heavy atom. The van der Waals surface area contributed by atoms with E-state index in [4.69, 9.17) is 23.2 Å². The Kier molecular flexibility index (Phi) is 5.05. The van der Waals surface area contributed by atoms with Gasteiger partial charge in [0.2, 0.25) is 0 Å². The molecule has 1 atom stereocenters. The molecule has 106 valence electrons. The molecule has 0 radical (unpaired) electrons. The lowest BCUT2D eigenvalue weighted by Gasteiger charge is -2.14. The van der Waals surface area contributed by atoms with Gasteiger partial charge < -0.3 is 0 Å². The Morgan fingerprint density at radius 3 is 2.00 bits per heavy atom. The van der Waals surface area contributed by atoms with E-state index in [-0.39, 0.29) is 21.2 Å². The van der Waals surface area contributed by atoms with Crippen LogP contribution in [0.25, 0.3) is 0 Å². The smallest absolute Gasteiger partial charge is 0.142 e. The normalized spacial score (nSPS) is 12.6. The molecule has 0 heterocycles. The molecule has 0 aliphatic rings. The molecule has 0 spiro atoms. The third-order valence-electron chi connectivity index (χ3n) is 2.63. The molecule has 1 unspecified atom stereocenters. The van der Waals surface area contributed by atoms with E-state index in [9.17, 15) is 13.2 Å². The van der Waals surface area contributed by atoms with Crippen molar-refractivity contribution in [2.75, 3.05) is 0 Å². The molecule has 0 amide bonds. The van der Waals surface area contributed by atoms with Crippen LogP contribution < -0.4 is 0 Å². The van der Waals surface area contributed by atoms with Crippen LogP contribution in [0, 0.1) is 17.5 Å². The zero-order chi connectivity index (χ0) is 15.0. The Morgan fingerprint density at radius 1 is 0.800 bits per heavy atom. The molecule has 2 rings (SSSR count). The molecule has 2 aromatic carbocycles. The van der Waals surface area contributed by atoms with E-state index in [1.165, 1.54) is 6.07 Å². The predicted octanol–water partition coefficient (Wildman–Crippen LogP) is 6.66. The fourth-order valence-electron chi connectivity index (χ4n) is 1.63. The van der Waals surface area contributed by atoms with Gasteiger partial charge in [-0.15, -0.1) is 0 Å². The highest BCUT2D eigenvalue weighted by molar-refractivity contribution is 9.10. The van der Waals surface area contributed by atoms with Crippen LogP contribution in [-0.4, -0.2) is 0 Å². The molecular formula is C13H5Br2Cl2F3. The van der Waals surface area contributed by atoms with Crippen molar-refractivity contribution in [3.63, 3.8) is 0 Å². The molecule has 7 heteroatoms. The van der Waals surface area contributed by atoms with Gasteiger partial charge in [0.1, 0.15) is 17.5 Å². The van der Waals surface area contributed by atoms with Crippen LogP contribution in [0.1, 0.15) is 16.0 Å². The van der Waals surface area contributed by atoms with Crippen LogP contribution in [-0.2, 0) is 0 Å². The van der Waals surface area contributed by atoms with Crippen molar-refractivity contribution in [3.8, 4) is 0 Å². The van der Waals surface area contributed by atoms with Crippen molar-refractivity contribution >= 4 is 55.1 Å². The first kappa shape index (κ1) is 16.1. The van der Waals surface area contributed by atoms with E-state index in [0.717, 1.165) is 18.2 Å². The summed E-state index contributed by atoms with van der Waals surface area (Å²) >= 11 is 17.6. The van der Waals surface area contributed by atoms with Crippen molar-refractivity contribution in [2.45, 2.75) is 4.83 Å². The predicted molar refractivity (Wildman–Crippen MR) is 81.2 cm³/mol. The Balaban J connectivity index is 2.54. The second-order valence-corrected chi connectivity index (χ2v) is 6.52. The Bertz CT molecular complexity index is 620. The summed E-state index contributed by atoms with van der Waals surface area (Å²) in [4.78, 5) is -0.889. The first-order chi connectivity index (χ1) is 9.31. The summed E-state index contributed by atoms with van der Waals surface area (Å²) < 4.78 is 41.6. The largest absolute Gasteiger partial charge is 0.207 e. The van der Waals surface area contributed by atoms with Crippen LogP contribution in [0.15, 0.2) is 28.7 Å².